The van der Waals surface area contributed by atoms with Crippen LogP contribution < -0.4 is 21.7 Å². The maximum atomic E-state index is 9.90. The van der Waals surface area contributed by atoms with Gasteiger partial charge in [-0.25, -0.2) is 0 Å². The SMILES string of the molecule is C[C@H](CO)C1CCC2C3CC[C@@H]4C[C@@H](NCCCNCCCCNCCCN)CC[C@]4(C)C3CC[C@@]21C. The third-order valence-electron chi connectivity index (χ3n) is 12.2. The molecule has 0 saturated heterocycles. The molecule has 0 aromatic heterocycles. The van der Waals surface area contributed by atoms with Gasteiger partial charge in [-0.1, -0.05) is 20.8 Å². The van der Waals surface area contributed by atoms with Crippen molar-refractivity contribution in [3.8, 4) is 0 Å². The highest BCUT2D eigenvalue weighted by atomic mass is 16.3. The summed E-state index contributed by atoms with van der Waals surface area (Å²) >= 11 is 0. The van der Waals surface area contributed by atoms with Crippen molar-refractivity contribution in [3.63, 3.8) is 0 Å². The van der Waals surface area contributed by atoms with Crippen molar-refractivity contribution < 1.29 is 5.11 Å². The van der Waals surface area contributed by atoms with E-state index in [1.54, 1.807) is 0 Å². The summed E-state index contributed by atoms with van der Waals surface area (Å²) < 4.78 is 0. The fourth-order valence-electron chi connectivity index (χ4n) is 10.0. The average Bonchev–Trinajstić information content (AvgIpc) is 3.26. The van der Waals surface area contributed by atoms with Gasteiger partial charge in [0, 0.05) is 12.6 Å². The highest BCUT2D eigenvalue weighted by molar-refractivity contribution is 5.10. The lowest BCUT2D eigenvalue weighted by Gasteiger charge is -2.61. The monoisotopic (exact) mass is 518 g/mol. The molecule has 216 valence electrons. The molecule has 0 radical (unpaired) electrons. The van der Waals surface area contributed by atoms with Gasteiger partial charge in [0.15, 0.2) is 0 Å². The normalized spacial score (nSPS) is 40.1. The minimum absolute atomic E-state index is 0.374. The van der Waals surface area contributed by atoms with E-state index in [-0.39, 0.29) is 0 Å². The van der Waals surface area contributed by atoms with Crippen molar-refractivity contribution in [2.75, 3.05) is 45.9 Å². The molecule has 4 rings (SSSR count). The van der Waals surface area contributed by atoms with Gasteiger partial charge in [-0.2, -0.15) is 0 Å². The van der Waals surface area contributed by atoms with Gasteiger partial charge in [0.05, 0.1) is 0 Å². The van der Waals surface area contributed by atoms with E-state index in [2.05, 4.69) is 36.7 Å². The maximum absolute atomic E-state index is 9.90. The summed E-state index contributed by atoms with van der Waals surface area (Å²) in [6.45, 7) is 14.4. The maximum Gasteiger partial charge on any atom is 0.0459 e. The zero-order chi connectivity index (χ0) is 26.3. The van der Waals surface area contributed by atoms with Crippen LogP contribution in [0.1, 0.15) is 104 Å². The van der Waals surface area contributed by atoms with Crippen molar-refractivity contribution >= 4 is 0 Å². The summed E-state index contributed by atoms with van der Waals surface area (Å²) in [7, 11) is 0. The van der Waals surface area contributed by atoms with E-state index in [4.69, 9.17) is 5.73 Å². The third-order valence-corrected chi connectivity index (χ3v) is 12.2. The lowest BCUT2D eigenvalue weighted by atomic mass is 9.44. The molecular formula is C32H62N4O. The molecule has 4 saturated carbocycles. The van der Waals surface area contributed by atoms with Crippen LogP contribution >= 0.6 is 0 Å². The van der Waals surface area contributed by atoms with Gasteiger partial charge in [-0.3, -0.25) is 0 Å². The van der Waals surface area contributed by atoms with Gasteiger partial charge in [-0.15, -0.1) is 0 Å². The van der Waals surface area contributed by atoms with Crippen molar-refractivity contribution in [1.29, 1.82) is 0 Å². The Morgan fingerprint density at radius 3 is 2.19 bits per heavy atom. The molecule has 4 aliphatic rings. The molecule has 4 unspecified atom stereocenters. The van der Waals surface area contributed by atoms with Crippen LogP contribution in [0.2, 0.25) is 0 Å². The Morgan fingerprint density at radius 2 is 1.46 bits per heavy atom. The van der Waals surface area contributed by atoms with Gasteiger partial charge in [0.2, 0.25) is 0 Å². The number of hydrogen-bond donors (Lipinski definition) is 5. The second-order valence-corrected chi connectivity index (χ2v) is 14.2. The van der Waals surface area contributed by atoms with E-state index in [9.17, 15) is 5.11 Å². The molecule has 0 heterocycles. The highest BCUT2D eigenvalue weighted by Crippen LogP contribution is 2.68. The fraction of sp³-hybridized carbons (Fsp3) is 1.00. The molecular weight excluding hydrogens is 456 g/mol. The molecule has 0 spiro atoms. The lowest BCUT2D eigenvalue weighted by Crippen LogP contribution is -2.55. The van der Waals surface area contributed by atoms with Crippen molar-refractivity contribution in [3.05, 3.63) is 0 Å². The lowest BCUT2D eigenvalue weighted by molar-refractivity contribution is -0.118. The number of aliphatic hydroxyl groups is 1. The minimum atomic E-state index is 0.374. The Labute approximate surface area is 229 Å². The number of hydrogen-bond acceptors (Lipinski definition) is 5. The summed E-state index contributed by atoms with van der Waals surface area (Å²) in [5.74, 6) is 4.96. The van der Waals surface area contributed by atoms with E-state index >= 15 is 0 Å². The molecule has 37 heavy (non-hydrogen) atoms. The molecule has 0 aromatic rings. The standard InChI is InChI=1S/C32H62N4O/c1-24(23-37)28-10-11-29-27-9-8-25-22-26(12-14-31(25,2)30(27)13-15-32(28,29)3)36-21-7-20-35-18-5-4-17-34-19-6-16-33/h24-30,34-37H,4-23,33H2,1-3H3/t24-,25-,26+,27?,28?,29?,30?,31+,32-/m1/s1. The number of nitrogens with two attached hydrogens (primary N) is 1. The molecule has 4 fully saturated rings. The molecule has 0 aliphatic heterocycles. The molecule has 0 aromatic carbocycles. The first-order valence-electron chi connectivity index (χ1n) is 16.4. The molecule has 0 bridgehead atoms. The Bertz CT molecular complexity index is 675. The van der Waals surface area contributed by atoms with Gasteiger partial charge in [0.25, 0.3) is 0 Å². The predicted octanol–water partition coefficient (Wildman–Crippen LogP) is 4.93. The predicted molar refractivity (Wildman–Crippen MR) is 157 cm³/mol. The quantitative estimate of drug-likeness (QED) is 0.199. The summed E-state index contributed by atoms with van der Waals surface area (Å²) in [5, 5.41) is 21.0. The van der Waals surface area contributed by atoms with Gasteiger partial charge >= 0.3 is 0 Å². The summed E-state index contributed by atoms with van der Waals surface area (Å²) in [4.78, 5) is 0. The second kappa shape index (κ2) is 13.9. The smallest absolute Gasteiger partial charge is 0.0459 e. The fourth-order valence-corrected chi connectivity index (χ4v) is 10.0. The van der Waals surface area contributed by atoms with Crippen molar-refractivity contribution in [2.45, 2.75) is 110 Å². The zero-order valence-electron chi connectivity index (χ0n) is 24.7. The third kappa shape index (κ3) is 6.76. The molecule has 5 heteroatoms. The van der Waals surface area contributed by atoms with Crippen LogP contribution in [0.15, 0.2) is 0 Å². The van der Waals surface area contributed by atoms with Crippen LogP contribution in [0.25, 0.3) is 0 Å². The molecule has 9 atom stereocenters. The first kappa shape index (κ1) is 29.8. The number of fused-ring (bicyclic) bond motifs is 5. The summed E-state index contributed by atoms with van der Waals surface area (Å²) in [6, 6.07) is 0.740. The Balaban J connectivity index is 1.14. The molecule has 6 N–H and O–H groups in total. The molecule has 4 aliphatic carbocycles. The number of unbranched alkanes of at least 4 members (excludes halogenated alkanes) is 1. The van der Waals surface area contributed by atoms with E-state index in [0.717, 1.165) is 74.8 Å². The van der Waals surface area contributed by atoms with Crippen molar-refractivity contribution in [2.24, 2.45) is 52.1 Å². The Kier molecular flexibility index (Phi) is 11.2. The van der Waals surface area contributed by atoms with Crippen LogP contribution in [-0.2, 0) is 0 Å². The topological polar surface area (TPSA) is 82.3 Å². The van der Waals surface area contributed by atoms with Crippen LogP contribution in [0, 0.1) is 46.3 Å². The molecule has 5 nitrogen and oxygen atoms in total. The molecule has 0 amide bonds. The van der Waals surface area contributed by atoms with Gasteiger partial charge in [0.1, 0.15) is 0 Å². The number of aliphatic hydroxyl groups excluding tert-OH is 1. The average molecular weight is 519 g/mol. The first-order valence-corrected chi connectivity index (χ1v) is 16.4. The summed E-state index contributed by atoms with van der Waals surface area (Å²) in [6.07, 6.45) is 17.7. The Morgan fingerprint density at radius 1 is 0.784 bits per heavy atom. The number of nitrogens with one attached hydrogen (secondary N) is 3. The van der Waals surface area contributed by atoms with E-state index in [1.807, 2.05) is 0 Å². The first-order chi connectivity index (χ1) is 17.9. The number of rotatable bonds is 15. The van der Waals surface area contributed by atoms with Gasteiger partial charge < -0.3 is 26.8 Å². The van der Waals surface area contributed by atoms with E-state index in [0.29, 0.717) is 23.4 Å². The van der Waals surface area contributed by atoms with Crippen molar-refractivity contribution in [1.82, 2.24) is 16.0 Å². The zero-order valence-corrected chi connectivity index (χ0v) is 24.7. The minimum Gasteiger partial charge on any atom is -0.396 e. The van der Waals surface area contributed by atoms with Crippen LogP contribution in [0.4, 0.5) is 0 Å². The summed E-state index contributed by atoms with van der Waals surface area (Å²) in [5.41, 5.74) is 6.59. The van der Waals surface area contributed by atoms with Gasteiger partial charge in [-0.05, 0) is 169 Å². The van der Waals surface area contributed by atoms with Crippen LogP contribution in [0.3, 0.4) is 0 Å². The second-order valence-electron chi connectivity index (χ2n) is 14.2. The van der Waals surface area contributed by atoms with E-state index in [1.165, 1.54) is 83.6 Å². The van der Waals surface area contributed by atoms with Crippen LogP contribution in [-0.4, -0.2) is 57.0 Å². The highest BCUT2D eigenvalue weighted by Gasteiger charge is 2.60. The van der Waals surface area contributed by atoms with Crippen LogP contribution in [0.5, 0.6) is 0 Å². The largest absolute Gasteiger partial charge is 0.396 e. The van der Waals surface area contributed by atoms with E-state index < -0.39 is 0 Å². The Hall–Kier alpha value is -0.200.